The molecule has 5 nitrogen and oxygen atoms in total. The summed E-state index contributed by atoms with van der Waals surface area (Å²) in [5, 5.41) is 3.43. The molecule has 1 aromatic heterocycles. The summed E-state index contributed by atoms with van der Waals surface area (Å²) in [7, 11) is 0. The van der Waals surface area contributed by atoms with E-state index in [9.17, 15) is 0 Å². The Kier molecular flexibility index (Phi) is 5.14. The van der Waals surface area contributed by atoms with Crippen LogP contribution in [0.3, 0.4) is 0 Å². The minimum absolute atomic E-state index is 0.176. The van der Waals surface area contributed by atoms with E-state index >= 15 is 0 Å². The summed E-state index contributed by atoms with van der Waals surface area (Å²) >= 11 is 5.72. The molecule has 84 valence electrons. The molecule has 0 aliphatic rings. The first kappa shape index (κ1) is 12.0. The second-order valence-electron chi connectivity index (χ2n) is 2.91. The smallest absolute Gasteiger partial charge is 0.223 e. The van der Waals surface area contributed by atoms with Crippen LogP contribution >= 0.6 is 11.6 Å². The van der Waals surface area contributed by atoms with Crippen LogP contribution in [-0.4, -0.2) is 29.7 Å². The first-order valence-electron chi connectivity index (χ1n) is 4.84. The summed E-state index contributed by atoms with van der Waals surface area (Å²) in [6.45, 7) is 4.22. The first-order chi connectivity index (χ1) is 7.22. The third-order valence-corrected chi connectivity index (χ3v) is 1.88. The van der Waals surface area contributed by atoms with E-state index in [0.29, 0.717) is 11.0 Å². The maximum absolute atomic E-state index is 5.72. The molecule has 0 amide bonds. The number of hydrogen-bond acceptors (Lipinski definition) is 5. The van der Waals surface area contributed by atoms with E-state index in [-0.39, 0.29) is 5.95 Å². The van der Waals surface area contributed by atoms with Gasteiger partial charge in [-0.25, -0.2) is 4.98 Å². The molecule has 1 aromatic rings. The van der Waals surface area contributed by atoms with Crippen molar-refractivity contribution in [2.24, 2.45) is 0 Å². The molecule has 0 fully saturated rings. The van der Waals surface area contributed by atoms with Crippen molar-refractivity contribution in [2.75, 3.05) is 30.8 Å². The summed E-state index contributed by atoms with van der Waals surface area (Å²) in [6, 6.07) is 1.64. The zero-order valence-corrected chi connectivity index (χ0v) is 9.42. The van der Waals surface area contributed by atoms with E-state index < -0.39 is 0 Å². The molecule has 0 aromatic carbocycles. The summed E-state index contributed by atoms with van der Waals surface area (Å²) in [4.78, 5) is 7.74. The molecule has 0 radical (unpaired) electrons. The summed E-state index contributed by atoms with van der Waals surface area (Å²) < 4.78 is 5.20. The highest BCUT2D eigenvalue weighted by Crippen LogP contribution is 2.11. The molecule has 0 atom stereocenters. The zero-order valence-electron chi connectivity index (χ0n) is 8.66. The van der Waals surface area contributed by atoms with Crippen molar-refractivity contribution in [3.05, 3.63) is 11.2 Å². The lowest BCUT2D eigenvalue weighted by Crippen LogP contribution is -2.08. The van der Waals surface area contributed by atoms with E-state index in [0.717, 1.165) is 26.2 Å². The molecule has 1 heterocycles. The number of hydrogen-bond donors (Lipinski definition) is 2. The maximum Gasteiger partial charge on any atom is 0.223 e. The van der Waals surface area contributed by atoms with E-state index in [4.69, 9.17) is 22.1 Å². The van der Waals surface area contributed by atoms with Gasteiger partial charge in [0.1, 0.15) is 11.0 Å². The molecule has 6 heteroatoms. The van der Waals surface area contributed by atoms with Crippen LogP contribution in [0.25, 0.3) is 0 Å². The van der Waals surface area contributed by atoms with Crippen LogP contribution in [-0.2, 0) is 4.74 Å². The van der Waals surface area contributed by atoms with Gasteiger partial charge in [0, 0.05) is 25.8 Å². The highest BCUT2D eigenvalue weighted by molar-refractivity contribution is 6.29. The van der Waals surface area contributed by atoms with Crippen molar-refractivity contribution in [1.82, 2.24) is 9.97 Å². The number of nitrogens with zero attached hydrogens (tertiary/aromatic N) is 2. The number of nitrogens with two attached hydrogens (primary N) is 1. The lowest BCUT2D eigenvalue weighted by atomic mass is 10.4. The minimum atomic E-state index is 0.176. The molecular weight excluding hydrogens is 216 g/mol. The zero-order chi connectivity index (χ0) is 11.1. The number of halogens is 1. The van der Waals surface area contributed by atoms with Gasteiger partial charge in [0.25, 0.3) is 0 Å². The monoisotopic (exact) mass is 230 g/mol. The summed E-state index contributed by atoms with van der Waals surface area (Å²) in [5.41, 5.74) is 5.44. The maximum atomic E-state index is 5.72. The first-order valence-corrected chi connectivity index (χ1v) is 5.22. The average Bonchev–Trinajstić information content (AvgIpc) is 2.16. The van der Waals surface area contributed by atoms with Crippen LogP contribution in [0.4, 0.5) is 11.8 Å². The Bertz CT molecular complexity index is 288. The van der Waals surface area contributed by atoms with E-state index in [1.54, 1.807) is 6.07 Å². The van der Waals surface area contributed by atoms with Crippen molar-refractivity contribution >= 4 is 23.4 Å². The van der Waals surface area contributed by atoms with Crippen LogP contribution in [0.2, 0.25) is 5.15 Å². The molecule has 1 rings (SSSR count). The van der Waals surface area contributed by atoms with Crippen LogP contribution in [0.1, 0.15) is 13.3 Å². The minimum Gasteiger partial charge on any atom is -0.382 e. The van der Waals surface area contributed by atoms with Gasteiger partial charge in [0.15, 0.2) is 0 Å². The second-order valence-corrected chi connectivity index (χ2v) is 3.30. The van der Waals surface area contributed by atoms with Crippen LogP contribution in [0.5, 0.6) is 0 Å². The normalized spacial score (nSPS) is 10.3. The predicted molar refractivity (Wildman–Crippen MR) is 61.1 cm³/mol. The quantitative estimate of drug-likeness (QED) is 0.573. The number of nitrogen functional groups attached to an aromatic ring is 1. The highest BCUT2D eigenvalue weighted by atomic mass is 35.5. The Balaban J connectivity index is 2.31. The molecule has 0 saturated carbocycles. The average molecular weight is 231 g/mol. The molecule has 15 heavy (non-hydrogen) atoms. The van der Waals surface area contributed by atoms with Crippen molar-refractivity contribution in [2.45, 2.75) is 13.3 Å². The van der Waals surface area contributed by atoms with E-state index in [1.165, 1.54) is 0 Å². The number of ether oxygens (including phenoxy) is 1. The third-order valence-electron chi connectivity index (χ3n) is 1.69. The Morgan fingerprint density at radius 1 is 1.53 bits per heavy atom. The molecule has 0 bridgehead atoms. The standard InChI is InChI=1S/C9H15ClN4O/c1-2-15-5-3-4-12-8-6-7(10)13-9(11)14-8/h6H,2-5H2,1H3,(H3,11,12,13,14). The van der Waals surface area contributed by atoms with Gasteiger partial charge < -0.3 is 15.8 Å². The fraction of sp³-hybridized carbons (Fsp3) is 0.556. The fourth-order valence-electron chi connectivity index (χ4n) is 1.06. The van der Waals surface area contributed by atoms with Gasteiger partial charge in [-0.05, 0) is 13.3 Å². The predicted octanol–water partition coefficient (Wildman–Crippen LogP) is 1.55. The van der Waals surface area contributed by atoms with Gasteiger partial charge in [-0.2, -0.15) is 4.98 Å². The molecule has 0 spiro atoms. The van der Waals surface area contributed by atoms with Crippen LogP contribution in [0.15, 0.2) is 6.07 Å². The van der Waals surface area contributed by atoms with Gasteiger partial charge in [-0.1, -0.05) is 11.6 Å². The van der Waals surface area contributed by atoms with Gasteiger partial charge in [0.2, 0.25) is 5.95 Å². The topological polar surface area (TPSA) is 73.1 Å². The SMILES string of the molecule is CCOCCCNc1cc(Cl)nc(N)n1. The molecule has 0 saturated heterocycles. The van der Waals surface area contributed by atoms with Gasteiger partial charge in [0.05, 0.1) is 0 Å². The number of rotatable bonds is 6. The largest absolute Gasteiger partial charge is 0.382 e. The van der Waals surface area contributed by atoms with Crippen molar-refractivity contribution in [3.8, 4) is 0 Å². The van der Waals surface area contributed by atoms with Gasteiger partial charge >= 0.3 is 0 Å². The second kappa shape index (κ2) is 6.42. The molecular formula is C9H15ClN4O. The third kappa shape index (κ3) is 4.80. The number of nitrogens with one attached hydrogen (secondary N) is 1. The molecule has 3 N–H and O–H groups in total. The fourth-order valence-corrected chi connectivity index (χ4v) is 1.25. The van der Waals surface area contributed by atoms with Crippen LogP contribution < -0.4 is 11.1 Å². The van der Waals surface area contributed by atoms with Crippen molar-refractivity contribution < 1.29 is 4.74 Å². The number of aromatic nitrogens is 2. The Hall–Kier alpha value is -1.07. The van der Waals surface area contributed by atoms with Crippen molar-refractivity contribution in [3.63, 3.8) is 0 Å². The summed E-state index contributed by atoms with van der Waals surface area (Å²) in [6.07, 6.45) is 0.912. The Morgan fingerprint density at radius 3 is 3.00 bits per heavy atom. The van der Waals surface area contributed by atoms with Gasteiger partial charge in [-0.3, -0.25) is 0 Å². The van der Waals surface area contributed by atoms with Crippen LogP contribution in [0, 0.1) is 0 Å². The highest BCUT2D eigenvalue weighted by Gasteiger charge is 1.99. The van der Waals surface area contributed by atoms with E-state index in [2.05, 4.69) is 15.3 Å². The lowest BCUT2D eigenvalue weighted by Gasteiger charge is -2.06. The molecule has 0 aliphatic heterocycles. The lowest BCUT2D eigenvalue weighted by molar-refractivity contribution is 0.147. The van der Waals surface area contributed by atoms with Crippen molar-refractivity contribution in [1.29, 1.82) is 0 Å². The Labute approximate surface area is 94.0 Å². The number of anilines is 2. The Morgan fingerprint density at radius 2 is 2.33 bits per heavy atom. The summed E-state index contributed by atoms with van der Waals surface area (Å²) in [5.74, 6) is 0.818. The molecule has 0 aliphatic carbocycles. The van der Waals surface area contributed by atoms with Gasteiger partial charge in [-0.15, -0.1) is 0 Å². The molecule has 0 unspecified atom stereocenters. The van der Waals surface area contributed by atoms with E-state index in [1.807, 2.05) is 6.92 Å².